The summed E-state index contributed by atoms with van der Waals surface area (Å²) in [5.41, 5.74) is 6.71. The van der Waals surface area contributed by atoms with Gasteiger partial charge in [0.1, 0.15) is 5.82 Å². The fourth-order valence-electron chi connectivity index (χ4n) is 4.16. The maximum Gasteiger partial charge on any atom is 0.251 e. The van der Waals surface area contributed by atoms with Gasteiger partial charge in [-0.2, -0.15) is 0 Å². The van der Waals surface area contributed by atoms with Gasteiger partial charge in [-0.1, -0.05) is 23.7 Å². The van der Waals surface area contributed by atoms with Crippen molar-refractivity contribution in [1.82, 2.24) is 10.6 Å². The SMILES string of the molecule is Cc1cc(-c2cc(CNC3=NCCC3)cc(C(=O)NCc3ccc(Cl)c(C)c3)c2)c(C)cc1F. The number of nitrogens with zero attached hydrogens (tertiary/aromatic N) is 1. The van der Waals surface area contributed by atoms with Crippen molar-refractivity contribution >= 4 is 23.3 Å². The molecular weight excluding hydrogens is 449 g/mol. The van der Waals surface area contributed by atoms with Crippen LogP contribution >= 0.6 is 11.6 Å². The highest BCUT2D eigenvalue weighted by Crippen LogP contribution is 2.28. The number of amides is 1. The number of carbonyl (C=O) groups is 1. The predicted octanol–water partition coefficient (Wildman–Crippen LogP) is 6.28. The zero-order chi connectivity index (χ0) is 24.2. The van der Waals surface area contributed by atoms with Crippen molar-refractivity contribution in [2.24, 2.45) is 4.99 Å². The zero-order valence-electron chi connectivity index (χ0n) is 19.8. The van der Waals surface area contributed by atoms with Crippen LogP contribution in [0.15, 0.2) is 53.5 Å². The van der Waals surface area contributed by atoms with Crippen molar-refractivity contribution in [2.75, 3.05) is 6.54 Å². The molecule has 0 fully saturated rings. The molecule has 3 aromatic carbocycles. The minimum atomic E-state index is -0.227. The summed E-state index contributed by atoms with van der Waals surface area (Å²) < 4.78 is 14.1. The Kier molecular flexibility index (Phi) is 7.32. The van der Waals surface area contributed by atoms with Gasteiger partial charge in [0.05, 0.1) is 5.84 Å². The molecule has 0 aliphatic carbocycles. The van der Waals surface area contributed by atoms with E-state index in [0.29, 0.717) is 29.2 Å². The second-order valence-corrected chi connectivity index (χ2v) is 9.29. The van der Waals surface area contributed by atoms with Gasteiger partial charge in [0.2, 0.25) is 0 Å². The van der Waals surface area contributed by atoms with Crippen LogP contribution in [0.25, 0.3) is 11.1 Å². The van der Waals surface area contributed by atoms with E-state index in [1.807, 2.05) is 50.2 Å². The highest BCUT2D eigenvalue weighted by molar-refractivity contribution is 6.31. The number of carbonyl (C=O) groups excluding carboxylic acids is 1. The van der Waals surface area contributed by atoms with Crippen LogP contribution in [0.3, 0.4) is 0 Å². The molecule has 3 aromatic rings. The topological polar surface area (TPSA) is 53.5 Å². The van der Waals surface area contributed by atoms with Crippen molar-refractivity contribution in [3.63, 3.8) is 0 Å². The average Bonchev–Trinajstić information content (AvgIpc) is 3.34. The average molecular weight is 478 g/mol. The maximum atomic E-state index is 14.1. The summed E-state index contributed by atoms with van der Waals surface area (Å²) in [6, 6.07) is 15.0. The Morgan fingerprint density at radius 3 is 2.53 bits per heavy atom. The number of hydrogen-bond donors (Lipinski definition) is 2. The van der Waals surface area contributed by atoms with Crippen molar-refractivity contribution in [3.8, 4) is 11.1 Å². The lowest BCUT2D eigenvalue weighted by Gasteiger charge is -2.14. The molecule has 4 rings (SSSR count). The number of benzene rings is 3. The number of aliphatic imine (C=N–C) groups is 1. The summed E-state index contributed by atoms with van der Waals surface area (Å²) >= 11 is 6.12. The van der Waals surface area contributed by atoms with Gasteiger partial charge in [-0.3, -0.25) is 9.79 Å². The third-order valence-corrected chi connectivity index (χ3v) is 6.54. The first kappa shape index (κ1) is 24.0. The van der Waals surface area contributed by atoms with Crippen molar-refractivity contribution in [3.05, 3.63) is 92.8 Å². The zero-order valence-corrected chi connectivity index (χ0v) is 20.5. The molecule has 176 valence electrons. The van der Waals surface area contributed by atoms with Crippen LogP contribution in [0.4, 0.5) is 4.39 Å². The molecule has 6 heteroatoms. The Balaban J connectivity index is 1.62. The summed E-state index contributed by atoms with van der Waals surface area (Å²) in [6.07, 6.45) is 2.01. The number of hydrogen-bond acceptors (Lipinski definition) is 3. The molecule has 0 spiro atoms. The molecule has 0 bridgehead atoms. The number of aryl methyl sites for hydroxylation is 3. The van der Waals surface area contributed by atoms with Crippen LogP contribution in [0, 0.1) is 26.6 Å². The molecule has 2 N–H and O–H groups in total. The van der Waals surface area contributed by atoms with Gasteiger partial charge in [0, 0.05) is 36.6 Å². The Morgan fingerprint density at radius 2 is 1.79 bits per heavy atom. The van der Waals surface area contributed by atoms with E-state index in [-0.39, 0.29) is 11.7 Å². The molecule has 0 radical (unpaired) electrons. The fourth-order valence-corrected chi connectivity index (χ4v) is 4.28. The lowest BCUT2D eigenvalue weighted by Crippen LogP contribution is -2.24. The molecule has 4 nitrogen and oxygen atoms in total. The molecule has 1 aliphatic heterocycles. The molecule has 0 saturated heterocycles. The Morgan fingerprint density at radius 1 is 0.971 bits per heavy atom. The summed E-state index contributed by atoms with van der Waals surface area (Å²) in [6.45, 7) is 7.41. The van der Waals surface area contributed by atoms with Gasteiger partial charge in [-0.05, 0) is 103 Å². The third kappa shape index (κ3) is 5.65. The van der Waals surface area contributed by atoms with E-state index in [0.717, 1.165) is 58.6 Å². The number of halogens is 2. The smallest absolute Gasteiger partial charge is 0.251 e. The largest absolute Gasteiger partial charge is 0.370 e. The molecule has 0 saturated carbocycles. The summed E-state index contributed by atoms with van der Waals surface area (Å²) in [4.78, 5) is 17.6. The first-order valence-corrected chi connectivity index (χ1v) is 11.9. The highest BCUT2D eigenvalue weighted by Gasteiger charge is 2.14. The fraction of sp³-hybridized carbons (Fsp3) is 0.286. The molecule has 34 heavy (non-hydrogen) atoms. The number of amidine groups is 1. The van der Waals surface area contributed by atoms with Gasteiger partial charge in [0.25, 0.3) is 5.91 Å². The maximum absolute atomic E-state index is 14.1. The van der Waals surface area contributed by atoms with E-state index in [9.17, 15) is 9.18 Å². The van der Waals surface area contributed by atoms with E-state index in [1.54, 1.807) is 13.0 Å². The Labute approximate surface area is 205 Å². The molecule has 1 heterocycles. The third-order valence-electron chi connectivity index (χ3n) is 6.12. The minimum Gasteiger partial charge on any atom is -0.370 e. The molecule has 1 amide bonds. The first-order valence-electron chi connectivity index (χ1n) is 11.5. The predicted molar refractivity (Wildman–Crippen MR) is 137 cm³/mol. The summed E-state index contributed by atoms with van der Waals surface area (Å²) in [5, 5.41) is 7.11. The van der Waals surface area contributed by atoms with Gasteiger partial charge >= 0.3 is 0 Å². The summed E-state index contributed by atoms with van der Waals surface area (Å²) in [5.74, 6) is 0.614. The minimum absolute atomic E-state index is 0.162. The molecular formula is C28H29ClFN3O. The summed E-state index contributed by atoms with van der Waals surface area (Å²) in [7, 11) is 0. The number of rotatable bonds is 6. The van der Waals surface area contributed by atoms with Crippen molar-refractivity contribution in [2.45, 2.75) is 46.7 Å². The van der Waals surface area contributed by atoms with Gasteiger partial charge in [0.15, 0.2) is 0 Å². The number of nitrogens with one attached hydrogen (secondary N) is 2. The van der Waals surface area contributed by atoms with E-state index in [4.69, 9.17) is 11.6 Å². The lowest BCUT2D eigenvalue weighted by molar-refractivity contribution is 0.0951. The van der Waals surface area contributed by atoms with E-state index < -0.39 is 0 Å². The quantitative estimate of drug-likeness (QED) is 0.438. The highest BCUT2D eigenvalue weighted by atomic mass is 35.5. The van der Waals surface area contributed by atoms with E-state index in [1.165, 1.54) is 0 Å². The molecule has 0 unspecified atom stereocenters. The molecule has 1 aliphatic rings. The first-order chi connectivity index (χ1) is 16.3. The van der Waals surface area contributed by atoms with Crippen LogP contribution < -0.4 is 10.6 Å². The van der Waals surface area contributed by atoms with Crippen molar-refractivity contribution in [1.29, 1.82) is 0 Å². The van der Waals surface area contributed by atoms with Gasteiger partial charge in [-0.25, -0.2) is 4.39 Å². The van der Waals surface area contributed by atoms with Gasteiger partial charge < -0.3 is 10.6 Å². The molecule has 0 atom stereocenters. The molecule has 0 aromatic heterocycles. The standard InChI is InChI=1S/C28H29ClFN3O/c1-17-11-26(30)19(3)10-24(17)22-12-21(16-32-27-5-4-8-31-27)13-23(14-22)28(34)33-15-20-6-7-25(29)18(2)9-20/h6-7,9-14H,4-5,8,15-16H2,1-3H3,(H,31,32)(H,33,34). The van der Waals surface area contributed by atoms with Crippen LogP contribution in [-0.4, -0.2) is 18.3 Å². The second kappa shape index (κ2) is 10.4. The van der Waals surface area contributed by atoms with Crippen LogP contribution in [0.5, 0.6) is 0 Å². The van der Waals surface area contributed by atoms with Gasteiger partial charge in [-0.15, -0.1) is 0 Å². The lowest BCUT2D eigenvalue weighted by atomic mass is 9.94. The second-order valence-electron chi connectivity index (χ2n) is 8.89. The Hall–Kier alpha value is -3.18. The monoisotopic (exact) mass is 477 g/mol. The van der Waals surface area contributed by atoms with Crippen LogP contribution in [-0.2, 0) is 13.1 Å². The van der Waals surface area contributed by atoms with Crippen LogP contribution in [0.2, 0.25) is 5.02 Å². The van der Waals surface area contributed by atoms with E-state index in [2.05, 4.69) is 21.7 Å². The van der Waals surface area contributed by atoms with Crippen LogP contribution in [0.1, 0.15) is 51.0 Å². The normalized spacial score (nSPS) is 13.0. The van der Waals surface area contributed by atoms with E-state index >= 15 is 0 Å². The Bertz CT molecular complexity index is 1270. The van der Waals surface area contributed by atoms with Crippen molar-refractivity contribution < 1.29 is 9.18 Å².